The van der Waals surface area contributed by atoms with Gasteiger partial charge in [0.25, 0.3) is 0 Å². The topological polar surface area (TPSA) is 38.8 Å². The van der Waals surface area contributed by atoms with E-state index in [1.165, 1.54) is 18.5 Å². The highest BCUT2D eigenvalue weighted by atomic mass is 32.7. The second-order valence-electron chi connectivity index (χ2n) is 2.68. The second kappa shape index (κ2) is 6.85. The van der Waals surface area contributed by atoms with Crippen molar-refractivity contribution in [2.45, 2.75) is 6.92 Å². The molecule has 0 aliphatic carbocycles. The third kappa shape index (κ3) is 6.52. The molecule has 1 unspecified atom stereocenters. The summed E-state index contributed by atoms with van der Waals surface area (Å²) in [5.41, 5.74) is 0. The molecule has 0 aromatic carbocycles. The first-order valence-electron chi connectivity index (χ1n) is 4.13. The summed E-state index contributed by atoms with van der Waals surface area (Å²) in [6, 6.07) is 0. The second-order valence-corrected chi connectivity index (χ2v) is 6.98. The summed E-state index contributed by atoms with van der Waals surface area (Å²) in [7, 11) is 5.36. The normalized spacial score (nSPS) is 16.1. The molecular formula is C7H18NO3PS. The van der Waals surface area contributed by atoms with Gasteiger partial charge in [-0.1, -0.05) is 0 Å². The maximum Gasteiger partial charge on any atom is 0.388 e. The smallest absolute Gasteiger partial charge is 0.309 e. The van der Waals surface area contributed by atoms with Crippen LogP contribution in [0.2, 0.25) is 0 Å². The highest BCUT2D eigenvalue weighted by Crippen LogP contribution is 2.59. The van der Waals surface area contributed by atoms with Gasteiger partial charge in [0, 0.05) is 19.4 Å². The predicted octanol–water partition coefficient (Wildman–Crippen LogP) is 2.07. The zero-order valence-corrected chi connectivity index (χ0v) is 10.4. The molecule has 0 bridgehead atoms. The monoisotopic (exact) mass is 227 g/mol. The van der Waals surface area contributed by atoms with Crippen molar-refractivity contribution in [3.63, 3.8) is 0 Å². The first kappa shape index (κ1) is 13.5. The SMILES string of the molecule is CCOP(=O)(OC)SCCN(C)C. The van der Waals surface area contributed by atoms with Crippen molar-refractivity contribution in [3.05, 3.63) is 0 Å². The van der Waals surface area contributed by atoms with Crippen LogP contribution in [0, 0.1) is 0 Å². The third-order valence-electron chi connectivity index (χ3n) is 1.30. The minimum atomic E-state index is -2.87. The summed E-state index contributed by atoms with van der Waals surface area (Å²) in [6.07, 6.45) is 0. The molecule has 0 amide bonds. The first-order chi connectivity index (χ1) is 6.04. The van der Waals surface area contributed by atoms with Crippen LogP contribution in [0.25, 0.3) is 0 Å². The molecule has 80 valence electrons. The summed E-state index contributed by atoms with van der Waals surface area (Å²) in [5, 5.41) is 0. The van der Waals surface area contributed by atoms with E-state index >= 15 is 0 Å². The van der Waals surface area contributed by atoms with E-state index in [2.05, 4.69) is 0 Å². The Morgan fingerprint density at radius 2 is 2.08 bits per heavy atom. The highest BCUT2D eigenvalue weighted by Gasteiger charge is 2.22. The molecule has 0 heterocycles. The molecule has 0 saturated heterocycles. The van der Waals surface area contributed by atoms with Crippen molar-refractivity contribution in [3.8, 4) is 0 Å². The maximum absolute atomic E-state index is 11.7. The summed E-state index contributed by atoms with van der Waals surface area (Å²) in [5.74, 6) is 0.748. The zero-order chi connectivity index (χ0) is 10.3. The first-order valence-corrected chi connectivity index (χ1v) is 7.27. The van der Waals surface area contributed by atoms with Gasteiger partial charge in [0.05, 0.1) is 6.61 Å². The molecule has 0 spiro atoms. The molecule has 4 nitrogen and oxygen atoms in total. The van der Waals surface area contributed by atoms with E-state index in [9.17, 15) is 4.57 Å². The fraction of sp³-hybridized carbons (Fsp3) is 1.00. The van der Waals surface area contributed by atoms with Crippen molar-refractivity contribution >= 4 is 18.2 Å². The number of rotatable bonds is 7. The van der Waals surface area contributed by atoms with E-state index in [-0.39, 0.29) is 0 Å². The number of nitrogens with zero attached hydrogens (tertiary/aromatic N) is 1. The van der Waals surface area contributed by atoms with Crippen LogP contribution >= 0.6 is 18.2 Å². The lowest BCUT2D eigenvalue weighted by Crippen LogP contribution is -2.14. The molecule has 0 radical (unpaired) electrons. The lowest BCUT2D eigenvalue weighted by atomic mass is 10.7. The molecule has 6 heteroatoms. The molecule has 13 heavy (non-hydrogen) atoms. The average Bonchev–Trinajstić information content (AvgIpc) is 2.04. The number of hydrogen-bond acceptors (Lipinski definition) is 5. The van der Waals surface area contributed by atoms with Crippen molar-refractivity contribution in [1.29, 1.82) is 0 Å². The fourth-order valence-electron chi connectivity index (χ4n) is 0.636. The average molecular weight is 227 g/mol. The number of hydrogen-bond donors (Lipinski definition) is 0. The zero-order valence-electron chi connectivity index (χ0n) is 8.65. The molecule has 0 saturated carbocycles. The van der Waals surface area contributed by atoms with Crippen LogP contribution in [0.1, 0.15) is 6.92 Å². The van der Waals surface area contributed by atoms with E-state index < -0.39 is 6.80 Å². The molecule has 0 N–H and O–H groups in total. The summed E-state index contributed by atoms with van der Waals surface area (Å²) in [6.45, 7) is 0.220. The Morgan fingerprint density at radius 1 is 1.46 bits per heavy atom. The molecule has 0 fully saturated rings. The highest BCUT2D eigenvalue weighted by molar-refractivity contribution is 8.55. The van der Waals surface area contributed by atoms with E-state index in [0.717, 1.165) is 12.3 Å². The van der Waals surface area contributed by atoms with Crippen molar-refractivity contribution in [1.82, 2.24) is 4.90 Å². The van der Waals surface area contributed by atoms with E-state index in [1.54, 1.807) is 6.92 Å². The van der Waals surface area contributed by atoms with Gasteiger partial charge in [-0.2, -0.15) is 0 Å². The van der Waals surface area contributed by atoms with Gasteiger partial charge in [0.1, 0.15) is 0 Å². The lowest BCUT2D eigenvalue weighted by Gasteiger charge is -2.15. The molecule has 1 atom stereocenters. The Bertz CT molecular complexity index is 177. The van der Waals surface area contributed by atoms with Crippen LogP contribution in [0.4, 0.5) is 0 Å². The Morgan fingerprint density at radius 3 is 2.46 bits per heavy atom. The predicted molar refractivity (Wildman–Crippen MR) is 57.3 cm³/mol. The lowest BCUT2D eigenvalue weighted by molar-refractivity contribution is 0.262. The maximum atomic E-state index is 11.7. The summed E-state index contributed by atoms with van der Waals surface area (Å²) >= 11 is 1.25. The van der Waals surface area contributed by atoms with E-state index in [0.29, 0.717) is 6.61 Å². The standard InChI is InChI=1S/C7H18NO3PS/c1-5-11-12(9,10-4)13-7-6-8(2)3/h5-7H2,1-4H3. The minimum Gasteiger partial charge on any atom is -0.309 e. The van der Waals surface area contributed by atoms with Crippen LogP contribution in [0.5, 0.6) is 0 Å². The molecule has 0 aromatic rings. The van der Waals surface area contributed by atoms with Gasteiger partial charge in [-0.3, -0.25) is 0 Å². The molecule has 0 aromatic heterocycles. The van der Waals surface area contributed by atoms with Crippen molar-refractivity contribution in [2.75, 3.05) is 40.1 Å². The van der Waals surface area contributed by atoms with Gasteiger partial charge in [-0.25, -0.2) is 4.57 Å². The summed E-state index contributed by atoms with van der Waals surface area (Å²) < 4.78 is 21.5. The van der Waals surface area contributed by atoms with Crippen LogP contribution < -0.4 is 0 Å². The third-order valence-corrected chi connectivity index (χ3v) is 5.26. The quantitative estimate of drug-likeness (QED) is 0.622. The van der Waals surface area contributed by atoms with Gasteiger partial charge >= 0.3 is 6.80 Å². The van der Waals surface area contributed by atoms with Gasteiger partial charge in [0.15, 0.2) is 0 Å². The Hall–Kier alpha value is 0.460. The Labute approximate surface area is 84.3 Å². The molecular weight excluding hydrogens is 209 g/mol. The van der Waals surface area contributed by atoms with Gasteiger partial charge in [0.2, 0.25) is 0 Å². The Kier molecular flexibility index (Phi) is 7.09. The van der Waals surface area contributed by atoms with Crippen molar-refractivity contribution in [2.24, 2.45) is 0 Å². The fourth-order valence-corrected chi connectivity index (χ4v) is 3.68. The molecule has 0 aliphatic rings. The van der Waals surface area contributed by atoms with Crippen LogP contribution in [-0.2, 0) is 13.6 Å². The Balaban J connectivity index is 3.77. The van der Waals surface area contributed by atoms with Crippen LogP contribution in [0.3, 0.4) is 0 Å². The largest absolute Gasteiger partial charge is 0.388 e. The van der Waals surface area contributed by atoms with Gasteiger partial charge < -0.3 is 13.9 Å². The molecule has 0 rings (SSSR count). The van der Waals surface area contributed by atoms with Crippen LogP contribution in [0.15, 0.2) is 0 Å². The van der Waals surface area contributed by atoms with E-state index in [1.807, 2.05) is 19.0 Å². The van der Waals surface area contributed by atoms with Crippen molar-refractivity contribution < 1.29 is 13.6 Å². The molecule has 0 aliphatic heterocycles. The van der Waals surface area contributed by atoms with Gasteiger partial charge in [-0.05, 0) is 32.4 Å². The van der Waals surface area contributed by atoms with Gasteiger partial charge in [-0.15, -0.1) is 0 Å². The van der Waals surface area contributed by atoms with Crippen LogP contribution in [-0.4, -0.2) is 45.0 Å². The summed E-state index contributed by atoms with van der Waals surface area (Å²) in [4.78, 5) is 2.03. The minimum absolute atomic E-state index is 0.417. The van der Waals surface area contributed by atoms with E-state index in [4.69, 9.17) is 9.05 Å².